The van der Waals surface area contributed by atoms with E-state index in [1.165, 1.54) is 30.2 Å². The van der Waals surface area contributed by atoms with E-state index in [2.05, 4.69) is 15.3 Å². The summed E-state index contributed by atoms with van der Waals surface area (Å²) >= 11 is 0. The summed E-state index contributed by atoms with van der Waals surface area (Å²) < 4.78 is 33.9. The number of nitrogens with zero attached hydrogens (tertiary/aromatic N) is 3. The predicted molar refractivity (Wildman–Crippen MR) is 94.2 cm³/mol. The summed E-state index contributed by atoms with van der Waals surface area (Å²) in [6, 6.07) is 13.5. The number of ether oxygens (including phenoxy) is 1. The molecule has 3 aromatic rings. The molecule has 0 saturated carbocycles. The standard InChI is InChI=1S/C19H16F2N4O/c1-26-19-23-16(12-6-3-2-4-7-12)13-10-22-11-25(18(13)24-19)17-14(20)8-5-9-15(17)21/h2-9,22H,10-11H2,1H3. The van der Waals surface area contributed by atoms with Crippen molar-refractivity contribution in [1.82, 2.24) is 15.3 Å². The molecule has 132 valence electrons. The molecule has 1 aliphatic heterocycles. The van der Waals surface area contributed by atoms with Gasteiger partial charge in [-0.1, -0.05) is 36.4 Å². The third-order valence-electron chi connectivity index (χ3n) is 4.23. The Morgan fingerprint density at radius 2 is 1.73 bits per heavy atom. The number of fused-ring (bicyclic) bond motifs is 1. The van der Waals surface area contributed by atoms with Crippen molar-refractivity contribution in [2.24, 2.45) is 0 Å². The number of anilines is 2. The number of halogens is 2. The van der Waals surface area contributed by atoms with Gasteiger partial charge in [-0.2, -0.15) is 9.97 Å². The number of hydrogen-bond donors (Lipinski definition) is 1. The van der Waals surface area contributed by atoms with Crippen LogP contribution in [0.3, 0.4) is 0 Å². The van der Waals surface area contributed by atoms with Crippen LogP contribution in [0.5, 0.6) is 6.01 Å². The van der Waals surface area contributed by atoms with Crippen molar-refractivity contribution in [3.63, 3.8) is 0 Å². The zero-order chi connectivity index (χ0) is 18.1. The van der Waals surface area contributed by atoms with E-state index in [0.717, 1.165) is 11.1 Å². The first-order valence-electron chi connectivity index (χ1n) is 8.11. The van der Waals surface area contributed by atoms with E-state index in [1.54, 1.807) is 0 Å². The molecule has 0 bridgehead atoms. The van der Waals surface area contributed by atoms with Crippen LogP contribution in [0, 0.1) is 11.6 Å². The number of methoxy groups -OCH3 is 1. The fourth-order valence-electron chi connectivity index (χ4n) is 3.06. The summed E-state index contributed by atoms with van der Waals surface area (Å²) in [5, 5.41) is 3.16. The number of hydrogen-bond acceptors (Lipinski definition) is 5. The van der Waals surface area contributed by atoms with Gasteiger partial charge in [-0.25, -0.2) is 8.78 Å². The first kappa shape index (κ1) is 16.4. The third-order valence-corrected chi connectivity index (χ3v) is 4.23. The lowest BCUT2D eigenvalue weighted by Crippen LogP contribution is -2.38. The summed E-state index contributed by atoms with van der Waals surface area (Å²) in [5.74, 6) is -0.879. The molecule has 0 saturated heterocycles. The highest BCUT2D eigenvalue weighted by Gasteiger charge is 2.28. The second-order valence-electron chi connectivity index (χ2n) is 5.81. The topological polar surface area (TPSA) is 50.3 Å². The summed E-state index contributed by atoms with van der Waals surface area (Å²) in [4.78, 5) is 10.3. The Labute approximate surface area is 149 Å². The molecule has 0 amide bonds. The first-order chi connectivity index (χ1) is 12.7. The molecular weight excluding hydrogens is 338 g/mol. The molecule has 1 N–H and O–H groups in total. The molecule has 0 fully saturated rings. The lowest BCUT2D eigenvalue weighted by atomic mass is 10.0. The van der Waals surface area contributed by atoms with Gasteiger partial charge in [0, 0.05) is 17.7 Å². The molecule has 5 nitrogen and oxygen atoms in total. The van der Waals surface area contributed by atoms with Gasteiger partial charge in [0.15, 0.2) is 0 Å². The smallest absolute Gasteiger partial charge is 0.318 e. The minimum Gasteiger partial charge on any atom is -0.467 e. The molecule has 2 heterocycles. The van der Waals surface area contributed by atoms with Gasteiger partial charge in [-0.3, -0.25) is 5.32 Å². The molecule has 1 aromatic heterocycles. The van der Waals surface area contributed by atoms with Gasteiger partial charge < -0.3 is 9.64 Å². The summed E-state index contributed by atoms with van der Waals surface area (Å²) in [6.07, 6.45) is 0. The number of nitrogens with one attached hydrogen (secondary N) is 1. The lowest BCUT2D eigenvalue weighted by Gasteiger charge is -2.32. The monoisotopic (exact) mass is 354 g/mol. The Hall–Kier alpha value is -3.06. The highest BCUT2D eigenvalue weighted by atomic mass is 19.1. The Kier molecular flexibility index (Phi) is 4.22. The molecule has 2 aromatic carbocycles. The maximum absolute atomic E-state index is 14.4. The van der Waals surface area contributed by atoms with Crippen LogP contribution in [-0.2, 0) is 6.54 Å². The average Bonchev–Trinajstić information content (AvgIpc) is 2.68. The molecule has 0 aliphatic carbocycles. The van der Waals surface area contributed by atoms with E-state index in [-0.39, 0.29) is 18.4 Å². The van der Waals surface area contributed by atoms with E-state index in [1.807, 2.05) is 30.3 Å². The molecule has 1 aliphatic rings. The normalized spacial score (nSPS) is 13.4. The molecule has 4 rings (SSSR count). The largest absolute Gasteiger partial charge is 0.467 e. The average molecular weight is 354 g/mol. The molecule has 7 heteroatoms. The maximum Gasteiger partial charge on any atom is 0.318 e. The zero-order valence-corrected chi connectivity index (χ0v) is 14.0. The second kappa shape index (κ2) is 6.68. The van der Waals surface area contributed by atoms with Crippen LogP contribution in [-0.4, -0.2) is 23.7 Å². The number of rotatable bonds is 3. The molecule has 0 spiro atoms. The van der Waals surface area contributed by atoms with E-state index < -0.39 is 11.6 Å². The van der Waals surface area contributed by atoms with Gasteiger partial charge in [0.1, 0.15) is 23.1 Å². The quantitative estimate of drug-likeness (QED) is 0.778. The van der Waals surface area contributed by atoms with Gasteiger partial charge in [0.05, 0.1) is 19.5 Å². The van der Waals surface area contributed by atoms with Crippen LogP contribution >= 0.6 is 0 Å². The Morgan fingerprint density at radius 1 is 1.00 bits per heavy atom. The Balaban J connectivity index is 1.94. The van der Waals surface area contributed by atoms with Crippen molar-refractivity contribution < 1.29 is 13.5 Å². The predicted octanol–water partition coefficient (Wildman–Crippen LogP) is 3.63. The van der Waals surface area contributed by atoms with Crippen molar-refractivity contribution in [2.45, 2.75) is 6.54 Å². The highest BCUT2D eigenvalue weighted by molar-refractivity contribution is 5.74. The molecule has 0 radical (unpaired) electrons. The van der Waals surface area contributed by atoms with Crippen LogP contribution in [0.1, 0.15) is 5.56 Å². The van der Waals surface area contributed by atoms with E-state index >= 15 is 0 Å². The fourth-order valence-corrected chi connectivity index (χ4v) is 3.06. The van der Waals surface area contributed by atoms with Crippen LogP contribution in [0.4, 0.5) is 20.3 Å². The molecule has 0 atom stereocenters. The number of aromatic nitrogens is 2. The first-order valence-corrected chi connectivity index (χ1v) is 8.11. The minimum atomic E-state index is -0.654. The Morgan fingerprint density at radius 3 is 2.42 bits per heavy atom. The summed E-state index contributed by atoms with van der Waals surface area (Å²) in [7, 11) is 1.46. The Bertz CT molecular complexity index is 930. The van der Waals surface area contributed by atoms with Crippen molar-refractivity contribution in [2.75, 3.05) is 18.7 Å². The fraction of sp³-hybridized carbons (Fsp3) is 0.158. The van der Waals surface area contributed by atoms with Crippen molar-refractivity contribution in [3.05, 3.63) is 65.7 Å². The van der Waals surface area contributed by atoms with Gasteiger partial charge in [-0.05, 0) is 12.1 Å². The van der Waals surface area contributed by atoms with Crippen molar-refractivity contribution in [1.29, 1.82) is 0 Å². The van der Waals surface area contributed by atoms with Crippen LogP contribution < -0.4 is 15.0 Å². The van der Waals surface area contributed by atoms with Crippen LogP contribution in [0.25, 0.3) is 11.3 Å². The van der Waals surface area contributed by atoms with Crippen molar-refractivity contribution >= 4 is 11.5 Å². The maximum atomic E-state index is 14.4. The molecule has 0 unspecified atom stereocenters. The van der Waals surface area contributed by atoms with Crippen LogP contribution in [0.15, 0.2) is 48.5 Å². The molecular formula is C19H16F2N4O. The van der Waals surface area contributed by atoms with Crippen molar-refractivity contribution in [3.8, 4) is 17.3 Å². The number of benzene rings is 2. The SMILES string of the molecule is COc1nc(-c2ccccc2)c2c(n1)N(c1c(F)cccc1F)CNC2. The van der Waals surface area contributed by atoms with E-state index in [9.17, 15) is 8.78 Å². The number of para-hydroxylation sites is 1. The van der Waals surface area contributed by atoms with E-state index in [4.69, 9.17) is 4.74 Å². The highest BCUT2D eigenvalue weighted by Crippen LogP contribution is 2.37. The van der Waals surface area contributed by atoms with Gasteiger partial charge in [-0.15, -0.1) is 0 Å². The van der Waals surface area contributed by atoms with Crippen LogP contribution in [0.2, 0.25) is 0 Å². The van der Waals surface area contributed by atoms with E-state index in [0.29, 0.717) is 18.1 Å². The lowest BCUT2D eigenvalue weighted by molar-refractivity contribution is 0.379. The van der Waals surface area contributed by atoms with Gasteiger partial charge in [0.2, 0.25) is 0 Å². The minimum absolute atomic E-state index is 0.145. The summed E-state index contributed by atoms with van der Waals surface area (Å²) in [5.41, 5.74) is 2.15. The van der Waals surface area contributed by atoms with Gasteiger partial charge in [0.25, 0.3) is 0 Å². The van der Waals surface area contributed by atoms with Gasteiger partial charge >= 0.3 is 6.01 Å². The second-order valence-corrected chi connectivity index (χ2v) is 5.81. The molecule has 26 heavy (non-hydrogen) atoms. The third kappa shape index (κ3) is 2.76. The zero-order valence-electron chi connectivity index (χ0n) is 14.0. The summed E-state index contributed by atoms with van der Waals surface area (Å²) in [6.45, 7) is 0.704.